The Labute approximate surface area is 211 Å². The molecule has 0 saturated carbocycles. The number of anilines is 2. The Morgan fingerprint density at radius 1 is 1.20 bits per heavy atom. The van der Waals surface area contributed by atoms with Crippen LogP contribution in [-0.2, 0) is 22.5 Å². The minimum Gasteiger partial charge on any atom is -0.383 e. The van der Waals surface area contributed by atoms with Crippen LogP contribution in [0.15, 0.2) is 30.6 Å². The van der Waals surface area contributed by atoms with Crippen LogP contribution in [0, 0.1) is 0 Å². The standard InChI is InChI=1S/C24H27N7O2S2/c1-33-9-8-26-7-5-20(32)31-23-21(16-4-6-27-13-19(16)35-23)22-30-17-10-14(2-3-18(17)34-22)15-11-28-24(25)29-12-15/h2-3,10-12,26-27H,4-9,13H2,1H3,(H,31,32)(H2,25,28,29). The highest BCUT2D eigenvalue weighted by molar-refractivity contribution is 7.23. The molecule has 0 radical (unpaired) electrons. The maximum absolute atomic E-state index is 12.7. The summed E-state index contributed by atoms with van der Waals surface area (Å²) in [7, 11) is 1.67. The van der Waals surface area contributed by atoms with Crippen LogP contribution in [0.1, 0.15) is 16.9 Å². The minimum absolute atomic E-state index is 0.00512. The number of nitrogens with two attached hydrogens (primary N) is 1. The third kappa shape index (κ3) is 5.34. The third-order valence-electron chi connectivity index (χ3n) is 5.80. The number of hydrogen-bond donors (Lipinski definition) is 4. The molecular formula is C24H27N7O2S2. The highest BCUT2D eigenvalue weighted by atomic mass is 32.1. The second kappa shape index (κ2) is 10.8. The summed E-state index contributed by atoms with van der Waals surface area (Å²) in [5, 5.41) is 11.6. The summed E-state index contributed by atoms with van der Waals surface area (Å²) in [5.41, 5.74) is 10.8. The molecule has 4 heterocycles. The molecule has 1 amide bonds. The number of rotatable bonds is 9. The van der Waals surface area contributed by atoms with Gasteiger partial charge in [0.05, 0.1) is 16.8 Å². The lowest BCUT2D eigenvalue weighted by atomic mass is 10.0. The van der Waals surface area contributed by atoms with E-state index in [-0.39, 0.29) is 11.9 Å². The molecule has 5 rings (SSSR count). The summed E-state index contributed by atoms with van der Waals surface area (Å²) in [4.78, 5) is 27.2. The molecule has 35 heavy (non-hydrogen) atoms. The van der Waals surface area contributed by atoms with Gasteiger partial charge in [0.15, 0.2) is 0 Å². The van der Waals surface area contributed by atoms with Gasteiger partial charge in [-0.3, -0.25) is 4.79 Å². The molecule has 0 unspecified atom stereocenters. The fourth-order valence-corrected chi connectivity index (χ4v) is 6.36. The van der Waals surface area contributed by atoms with Gasteiger partial charge in [-0.15, -0.1) is 22.7 Å². The molecule has 4 aromatic rings. The maximum Gasteiger partial charge on any atom is 0.226 e. The van der Waals surface area contributed by atoms with Crippen molar-refractivity contribution in [1.82, 2.24) is 25.6 Å². The predicted octanol–water partition coefficient (Wildman–Crippen LogP) is 3.27. The molecule has 0 fully saturated rings. The number of carbonyl (C=O) groups is 1. The highest BCUT2D eigenvalue weighted by Crippen LogP contribution is 2.45. The molecule has 0 aliphatic carbocycles. The van der Waals surface area contributed by atoms with E-state index < -0.39 is 0 Å². The van der Waals surface area contributed by atoms with E-state index in [1.807, 2.05) is 6.07 Å². The maximum atomic E-state index is 12.7. The second-order valence-electron chi connectivity index (χ2n) is 8.21. The number of thiophene rings is 1. The fraction of sp³-hybridized carbons (Fsp3) is 0.333. The number of thiazole rings is 1. The van der Waals surface area contributed by atoms with Gasteiger partial charge in [0.2, 0.25) is 11.9 Å². The quantitative estimate of drug-likeness (QED) is 0.253. The Morgan fingerprint density at radius 2 is 2.06 bits per heavy atom. The van der Waals surface area contributed by atoms with E-state index in [0.717, 1.165) is 63.0 Å². The Kier molecular flexibility index (Phi) is 7.30. The van der Waals surface area contributed by atoms with Crippen LogP contribution in [0.5, 0.6) is 0 Å². The van der Waals surface area contributed by atoms with E-state index in [0.29, 0.717) is 19.6 Å². The van der Waals surface area contributed by atoms with Crippen LogP contribution in [0.2, 0.25) is 0 Å². The highest BCUT2D eigenvalue weighted by Gasteiger charge is 2.25. The molecule has 11 heteroatoms. The van der Waals surface area contributed by atoms with Crippen molar-refractivity contribution >= 4 is 49.7 Å². The van der Waals surface area contributed by atoms with Crippen molar-refractivity contribution in [3.63, 3.8) is 0 Å². The lowest BCUT2D eigenvalue weighted by Crippen LogP contribution is -2.24. The molecule has 0 bridgehead atoms. The molecule has 1 aliphatic rings. The van der Waals surface area contributed by atoms with Crippen molar-refractivity contribution in [2.24, 2.45) is 0 Å². The first-order chi connectivity index (χ1) is 17.1. The zero-order valence-corrected chi connectivity index (χ0v) is 21.0. The zero-order chi connectivity index (χ0) is 24.2. The lowest BCUT2D eigenvalue weighted by Gasteiger charge is -2.13. The van der Waals surface area contributed by atoms with Crippen molar-refractivity contribution in [3.8, 4) is 21.7 Å². The van der Waals surface area contributed by atoms with E-state index in [4.69, 9.17) is 15.5 Å². The number of hydrogen-bond acceptors (Lipinski definition) is 10. The average molecular weight is 510 g/mol. The number of benzene rings is 1. The predicted molar refractivity (Wildman–Crippen MR) is 142 cm³/mol. The zero-order valence-electron chi connectivity index (χ0n) is 19.4. The Balaban J connectivity index is 1.43. The van der Waals surface area contributed by atoms with Gasteiger partial charge < -0.3 is 26.4 Å². The Bertz CT molecular complexity index is 1330. The minimum atomic E-state index is -0.00512. The van der Waals surface area contributed by atoms with Gasteiger partial charge in [-0.05, 0) is 36.2 Å². The number of fused-ring (bicyclic) bond motifs is 2. The smallest absolute Gasteiger partial charge is 0.226 e. The van der Waals surface area contributed by atoms with Crippen molar-refractivity contribution < 1.29 is 9.53 Å². The number of carbonyl (C=O) groups excluding carboxylic acids is 1. The van der Waals surface area contributed by atoms with Crippen LogP contribution in [0.25, 0.3) is 31.9 Å². The van der Waals surface area contributed by atoms with Gasteiger partial charge in [0.1, 0.15) is 10.0 Å². The Hall–Kier alpha value is -2.96. The first-order valence-electron chi connectivity index (χ1n) is 11.5. The van der Waals surface area contributed by atoms with Crippen LogP contribution >= 0.6 is 22.7 Å². The number of nitrogens with one attached hydrogen (secondary N) is 3. The number of nitrogens with zero attached hydrogens (tertiary/aromatic N) is 3. The first-order valence-corrected chi connectivity index (χ1v) is 13.1. The molecule has 0 saturated heterocycles. The first kappa shape index (κ1) is 23.8. The van der Waals surface area contributed by atoms with E-state index in [1.165, 1.54) is 10.4 Å². The summed E-state index contributed by atoms with van der Waals surface area (Å²) in [5.74, 6) is 0.247. The topological polar surface area (TPSA) is 127 Å². The van der Waals surface area contributed by atoms with E-state index in [9.17, 15) is 4.79 Å². The number of aromatic nitrogens is 3. The van der Waals surface area contributed by atoms with E-state index in [2.05, 4.69) is 38.1 Å². The van der Waals surface area contributed by atoms with Crippen molar-refractivity contribution in [3.05, 3.63) is 41.0 Å². The monoisotopic (exact) mass is 509 g/mol. The Morgan fingerprint density at radius 3 is 2.89 bits per heavy atom. The molecule has 0 spiro atoms. The molecule has 5 N–H and O–H groups in total. The third-order valence-corrected chi connectivity index (χ3v) is 8.00. The number of methoxy groups -OCH3 is 1. The van der Waals surface area contributed by atoms with Gasteiger partial charge in [-0.1, -0.05) is 6.07 Å². The normalized spacial score (nSPS) is 13.2. The van der Waals surface area contributed by atoms with Crippen LogP contribution in [0.3, 0.4) is 0 Å². The SMILES string of the molecule is COCCNCCC(=O)Nc1sc2c(c1-c1nc3cc(-c4cnc(N)nc4)ccc3s1)CCNC2. The van der Waals surface area contributed by atoms with Gasteiger partial charge in [-0.25, -0.2) is 15.0 Å². The van der Waals surface area contributed by atoms with Crippen LogP contribution < -0.4 is 21.7 Å². The molecule has 3 aromatic heterocycles. The molecular weight excluding hydrogens is 482 g/mol. The van der Waals surface area contributed by atoms with Crippen LogP contribution in [-0.4, -0.2) is 54.2 Å². The summed E-state index contributed by atoms with van der Waals surface area (Å²) in [6.07, 6.45) is 4.75. The van der Waals surface area contributed by atoms with Gasteiger partial charge in [0.25, 0.3) is 0 Å². The molecule has 9 nitrogen and oxygen atoms in total. The lowest BCUT2D eigenvalue weighted by molar-refractivity contribution is -0.116. The van der Waals surface area contributed by atoms with Crippen molar-refractivity contribution in [1.29, 1.82) is 0 Å². The number of amides is 1. The van der Waals surface area contributed by atoms with E-state index >= 15 is 0 Å². The number of ether oxygens (including phenoxy) is 1. The van der Waals surface area contributed by atoms with Crippen molar-refractivity contribution in [2.45, 2.75) is 19.4 Å². The van der Waals surface area contributed by atoms with Gasteiger partial charge in [-0.2, -0.15) is 0 Å². The van der Waals surface area contributed by atoms with E-state index in [1.54, 1.807) is 42.2 Å². The second-order valence-corrected chi connectivity index (χ2v) is 10.3. The summed E-state index contributed by atoms with van der Waals surface area (Å²) in [6, 6.07) is 6.17. The summed E-state index contributed by atoms with van der Waals surface area (Å²) >= 11 is 3.30. The largest absolute Gasteiger partial charge is 0.383 e. The van der Waals surface area contributed by atoms with Gasteiger partial charge >= 0.3 is 0 Å². The molecule has 1 aliphatic heterocycles. The summed E-state index contributed by atoms with van der Waals surface area (Å²) in [6.45, 7) is 3.69. The molecule has 0 atom stereocenters. The average Bonchev–Trinajstić information content (AvgIpc) is 3.44. The summed E-state index contributed by atoms with van der Waals surface area (Å²) < 4.78 is 6.12. The number of nitrogen functional groups attached to an aromatic ring is 1. The fourth-order valence-electron chi connectivity index (χ4n) is 4.04. The molecule has 1 aromatic carbocycles. The van der Waals surface area contributed by atoms with Crippen molar-refractivity contribution in [2.75, 3.05) is 44.4 Å². The molecule has 182 valence electrons. The van der Waals surface area contributed by atoms with Crippen LogP contribution in [0.4, 0.5) is 10.9 Å². The van der Waals surface area contributed by atoms with Gasteiger partial charge in [0, 0.05) is 61.6 Å².